The number of hydrogen-bond acceptors (Lipinski definition) is 4. The summed E-state index contributed by atoms with van der Waals surface area (Å²) in [7, 11) is -2.57. The molecule has 2 aliphatic heterocycles. The van der Waals surface area contributed by atoms with Gasteiger partial charge in [0.1, 0.15) is 0 Å². The van der Waals surface area contributed by atoms with E-state index in [1.54, 1.807) is 33.9 Å². The number of carbonyl (C=O) groups excluding carboxylic acids is 2. The molecule has 0 N–H and O–H groups in total. The van der Waals surface area contributed by atoms with E-state index in [1.165, 1.54) is 27.1 Å². The van der Waals surface area contributed by atoms with Crippen LogP contribution in [0.3, 0.4) is 0 Å². The number of amides is 2. The Hall–Kier alpha value is -5.81. The third-order valence-corrected chi connectivity index (χ3v) is 17.4. The molecule has 1 saturated carbocycles. The fourth-order valence-electron chi connectivity index (χ4n) is 9.36. The van der Waals surface area contributed by atoms with Crippen LogP contribution >= 0.6 is 7.26 Å². The molecule has 5 aromatic rings. The summed E-state index contributed by atoms with van der Waals surface area (Å²) in [5.74, 6) is -0.0812. The Bertz CT molecular complexity index is 2700. The maximum atomic E-state index is 14.9. The standard InChI is InChI=1S/C56H55N4O2P.Os/c1-8-20-41-29-31-49(57-34-41)53-51-52(56(62)59(53)36-38(3)4)54(60(55(51)61)37-39(5)6)50-32-30-44(35-58-50)48(33-43-22-19-21-42(43)9-2)40(7)63(45-23-13-10-14-24-45,46-25-15-11-16-26-46)47-27-17-12-18-28-47;/h8-18,20,23-35,38-39H,19,21-22,36-37H2,1-6H3;/q+1;/b20-8+,42-9?,43-33?,48-40?;. The van der Waals surface area contributed by atoms with E-state index in [0.29, 0.717) is 47.0 Å². The summed E-state index contributed by atoms with van der Waals surface area (Å²) < 4.78 is 3.87. The van der Waals surface area contributed by atoms with Crippen molar-refractivity contribution in [1.29, 1.82) is 0 Å². The molecule has 1 aliphatic carbocycles. The first-order chi connectivity index (χ1) is 31.1. The van der Waals surface area contributed by atoms with Gasteiger partial charge in [0.2, 0.25) is 0 Å². The fourth-order valence-corrected chi connectivity index (χ4v) is 15.2. The van der Waals surface area contributed by atoms with Gasteiger partial charge in [0.05, 0.1) is 0 Å². The van der Waals surface area contributed by atoms with Crippen molar-refractivity contribution in [3.8, 4) is 4.37 Å². The van der Waals surface area contributed by atoms with Gasteiger partial charge in [0.15, 0.2) is 0 Å². The molecule has 323 valence electrons. The van der Waals surface area contributed by atoms with Crippen LogP contribution in [-0.4, -0.2) is 44.7 Å². The number of fused-ring (bicyclic) bond motifs is 1. The monoisotopic (exact) mass is 1040 g/mol. The number of hydrogen-bond donors (Lipinski definition) is 0. The van der Waals surface area contributed by atoms with E-state index < -0.39 is 7.26 Å². The van der Waals surface area contributed by atoms with Crippen LogP contribution in [0.2, 0.25) is 0 Å². The molecular formula is C56H55N4O2OsP+. The zero-order valence-electron chi connectivity index (χ0n) is 37.5. The second-order valence-corrected chi connectivity index (χ2v) is 21.3. The van der Waals surface area contributed by atoms with Crippen LogP contribution in [0.25, 0.3) is 23.0 Å². The zero-order valence-corrected chi connectivity index (χ0v) is 41.0. The van der Waals surface area contributed by atoms with Crippen molar-refractivity contribution in [2.75, 3.05) is 13.1 Å². The summed E-state index contributed by atoms with van der Waals surface area (Å²) in [6, 6.07) is 40.8. The van der Waals surface area contributed by atoms with Gasteiger partial charge in [-0.25, -0.2) is 0 Å². The molecule has 1 fully saturated rings. The normalized spacial score (nSPS) is 17.2. The van der Waals surface area contributed by atoms with Crippen LogP contribution in [-0.2, 0) is 27.5 Å². The Labute approximate surface area is 389 Å². The first-order valence-corrected chi connectivity index (χ1v) is 25.4. The number of allylic oxidation sites excluding steroid dienone is 7. The van der Waals surface area contributed by atoms with Crippen molar-refractivity contribution in [2.45, 2.75) is 60.8 Å². The summed E-state index contributed by atoms with van der Waals surface area (Å²) in [6.45, 7) is 13.4. The third kappa shape index (κ3) is 8.35. The predicted octanol–water partition coefficient (Wildman–Crippen LogP) is 10.9. The van der Waals surface area contributed by atoms with Crippen molar-refractivity contribution < 1.29 is 27.5 Å². The molecule has 0 bridgehead atoms. The van der Waals surface area contributed by atoms with Gasteiger partial charge in [-0.3, -0.25) is 4.98 Å². The molecule has 4 heterocycles. The number of benzene rings is 3. The van der Waals surface area contributed by atoms with Crippen LogP contribution in [0.15, 0.2) is 173 Å². The number of nitrogens with zero attached hydrogens (tertiary/aromatic N) is 4. The summed E-state index contributed by atoms with van der Waals surface area (Å²) in [5, 5.41) is 4.86. The number of pyridine rings is 2. The van der Waals surface area contributed by atoms with Crippen molar-refractivity contribution >= 4 is 58.0 Å². The molecule has 0 radical (unpaired) electrons. The van der Waals surface area contributed by atoms with Crippen LogP contribution in [0.5, 0.6) is 0 Å². The van der Waals surface area contributed by atoms with E-state index in [-0.39, 0.29) is 23.7 Å². The van der Waals surface area contributed by atoms with Crippen molar-refractivity contribution in [2.24, 2.45) is 11.8 Å². The molecule has 3 aromatic carbocycles. The van der Waals surface area contributed by atoms with Gasteiger partial charge in [0.25, 0.3) is 0 Å². The van der Waals surface area contributed by atoms with Crippen molar-refractivity contribution in [1.82, 2.24) is 19.8 Å². The quantitative estimate of drug-likeness (QED) is 0.110. The van der Waals surface area contributed by atoms with Gasteiger partial charge in [-0.1, -0.05) is 32.1 Å². The van der Waals surface area contributed by atoms with Crippen molar-refractivity contribution in [3.05, 3.63) is 196 Å². The molecule has 64 heavy (non-hydrogen) atoms. The number of rotatable bonds is 13. The Balaban J connectivity index is 1.39. The van der Waals surface area contributed by atoms with E-state index >= 15 is 0 Å². The van der Waals surface area contributed by atoms with E-state index in [1.807, 2.05) is 43.5 Å². The van der Waals surface area contributed by atoms with Gasteiger partial charge in [0, 0.05) is 6.20 Å². The Morgan fingerprint density at radius 2 is 1.16 bits per heavy atom. The maximum absolute atomic E-state index is 14.9. The SMILES string of the molecule is CC=C1CCCC1=CC(=C([C]#[Os])[P+](c1ccccc1)(c1ccccc1)c1ccccc1)c1ccc(C2=C3C(=O)N(CC(C)C)C(c4ccc(/C=C/C)cn4)=C3C(=O)N2CC(C)C)nc1. The molecular weight excluding hydrogens is 982 g/mol. The van der Waals surface area contributed by atoms with Gasteiger partial charge < -0.3 is 0 Å². The Morgan fingerprint density at radius 3 is 1.56 bits per heavy atom. The van der Waals surface area contributed by atoms with Gasteiger partial charge in [-0.15, -0.1) is 0 Å². The molecule has 0 spiro atoms. The summed E-state index contributed by atoms with van der Waals surface area (Å²) in [4.78, 5) is 43.3. The summed E-state index contributed by atoms with van der Waals surface area (Å²) >= 11 is 1.78. The molecule has 2 amide bonds. The minimum absolute atomic E-state index is 0.139. The van der Waals surface area contributed by atoms with E-state index in [4.69, 9.17) is 9.97 Å². The Morgan fingerprint density at radius 1 is 0.672 bits per heavy atom. The molecule has 3 aliphatic rings. The second-order valence-electron chi connectivity index (χ2n) is 17.3. The molecule has 8 heteroatoms. The number of carbonyl (C=O) groups is 2. The average molecular weight is 1040 g/mol. The molecule has 6 nitrogen and oxygen atoms in total. The number of aromatic nitrogens is 2. The van der Waals surface area contributed by atoms with Gasteiger partial charge >= 0.3 is 324 Å². The van der Waals surface area contributed by atoms with E-state index in [9.17, 15) is 9.59 Å². The van der Waals surface area contributed by atoms with Crippen LogP contribution in [0.1, 0.15) is 83.3 Å². The average Bonchev–Trinajstić information content (AvgIpc) is 3.97. The molecule has 0 unspecified atom stereocenters. The fraction of sp³-hybridized carbons (Fsp3) is 0.232. The van der Waals surface area contributed by atoms with E-state index in [0.717, 1.165) is 41.3 Å². The Kier molecular flexibility index (Phi) is 13.7. The van der Waals surface area contributed by atoms with Crippen LogP contribution in [0, 0.1) is 16.2 Å². The van der Waals surface area contributed by atoms with Gasteiger partial charge in [-0.2, -0.15) is 0 Å². The topological polar surface area (TPSA) is 66.4 Å². The predicted molar refractivity (Wildman–Crippen MR) is 262 cm³/mol. The zero-order chi connectivity index (χ0) is 45.0. The van der Waals surface area contributed by atoms with Gasteiger partial charge in [-0.05, 0) is 24.5 Å². The summed E-state index contributed by atoms with van der Waals surface area (Å²) in [5.41, 5.74) is 8.81. The molecule has 2 aromatic heterocycles. The molecule has 0 saturated heterocycles. The first kappa shape index (κ1) is 44.8. The van der Waals surface area contributed by atoms with Crippen LogP contribution in [0.4, 0.5) is 0 Å². The third-order valence-electron chi connectivity index (χ3n) is 12.1. The minimum atomic E-state index is -2.57. The molecule has 0 atom stereocenters. The first-order valence-electron chi connectivity index (χ1n) is 22.3. The molecule has 8 rings (SSSR count). The second kappa shape index (κ2) is 19.5. The van der Waals surface area contributed by atoms with Crippen LogP contribution < -0.4 is 15.9 Å². The van der Waals surface area contributed by atoms with Crippen molar-refractivity contribution in [3.63, 3.8) is 0 Å². The van der Waals surface area contributed by atoms with E-state index in [2.05, 4.69) is 148 Å². The summed E-state index contributed by atoms with van der Waals surface area (Å²) in [6.07, 6.45) is 15.5.